The van der Waals surface area contributed by atoms with E-state index in [4.69, 9.17) is 8.85 Å². The van der Waals surface area contributed by atoms with Crippen LogP contribution in [0.1, 0.15) is 25.3 Å². The van der Waals surface area contributed by atoms with E-state index in [9.17, 15) is 4.79 Å². The Morgan fingerprint density at radius 2 is 2.06 bits per heavy atom. The van der Waals surface area contributed by atoms with Gasteiger partial charge in [0.05, 0.1) is 5.69 Å². The molecule has 1 aromatic rings. The van der Waals surface area contributed by atoms with Gasteiger partial charge in [0.25, 0.3) is 0 Å². The fraction of sp³-hybridized carbons (Fsp3) is 0.462. The van der Waals surface area contributed by atoms with E-state index in [1.165, 1.54) is 0 Å². The van der Waals surface area contributed by atoms with Crippen LogP contribution in [0.4, 0.5) is 5.69 Å². The smallest absolute Gasteiger partial charge is 0.393 e. The zero-order chi connectivity index (χ0) is 13.4. The summed E-state index contributed by atoms with van der Waals surface area (Å²) in [5.41, 5.74) is 1.78. The zero-order valence-corrected chi connectivity index (χ0v) is 12.0. The van der Waals surface area contributed by atoms with Crippen LogP contribution in [0.5, 0.6) is 0 Å². The molecule has 1 radical (unpaired) electrons. The third-order valence-electron chi connectivity index (χ3n) is 2.65. The molecule has 0 heterocycles. The Kier molecular flexibility index (Phi) is 6.53. The summed E-state index contributed by atoms with van der Waals surface area (Å²) < 4.78 is 10.8. The first-order valence-corrected chi connectivity index (χ1v) is 7.24. The van der Waals surface area contributed by atoms with Crippen LogP contribution < -0.4 is 5.19 Å². The molecule has 0 amide bonds. The van der Waals surface area contributed by atoms with Gasteiger partial charge in [-0.1, -0.05) is 19.4 Å². The highest BCUT2D eigenvalue weighted by Gasteiger charge is 2.19. The van der Waals surface area contributed by atoms with Gasteiger partial charge >= 0.3 is 9.28 Å². The first kappa shape index (κ1) is 14.8. The minimum Gasteiger partial charge on any atom is -0.393 e. The van der Waals surface area contributed by atoms with E-state index in [1.54, 1.807) is 26.4 Å². The quantitative estimate of drug-likeness (QED) is 0.430. The SMILES string of the molecule is CCCCc1cc(N=C=O)ccc1[Si](OC)OC. The Labute approximate surface area is 109 Å². The van der Waals surface area contributed by atoms with Crippen molar-refractivity contribution in [2.24, 2.45) is 4.99 Å². The van der Waals surface area contributed by atoms with Crippen molar-refractivity contribution in [3.8, 4) is 0 Å². The van der Waals surface area contributed by atoms with Crippen molar-refractivity contribution >= 4 is 26.2 Å². The Morgan fingerprint density at radius 1 is 1.33 bits per heavy atom. The maximum Gasteiger partial charge on any atom is 0.423 e. The summed E-state index contributed by atoms with van der Waals surface area (Å²) in [7, 11) is 1.87. The van der Waals surface area contributed by atoms with Gasteiger partial charge in [-0.3, -0.25) is 0 Å². The molecule has 0 bridgehead atoms. The Bertz CT molecular complexity index is 426. The second-order valence-corrected chi connectivity index (χ2v) is 5.77. The molecular weight excluding hydrogens is 246 g/mol. The molecule has 0 aromatic heterocycles. The van der Waals surface area contributed by atoms with Gasteiger partial charge in [-0.15, -0.1) is 0 Å². The fourth-order valence-corrected chi connectivity index (χ4v) is 3.06. The summed E-state index contributed by atoms with van der Waals surface area (Å²) in [5.74, 6) is 0. The molecule has 0 atom stereocenters. The minimum atomic E-state index is -1.43. The van der Waals surface area contributed by atoms with Crippen molar-refractivity contribution in [3.63, 3.8) is 0 Å². The number of aryl methyl sites for hydroxylation is 1. The second kappa shape index (κ2) is 7.95. The van der Waals surface area contributed by atoms with E-state index in [-0.39, 0.29) is 0 Å². The minimum absolute atomic E-state index is 0.633. The van der Waals surface area contributed by atoms with Gasteiger partial charge in [-0.2, -0.15) is 4.99 Å². The Hall–Kier alpha value is -1.26. The van der Waals surface area contributed by atoms with Gasteiger partial charge in [0, 0.05) is 14.2 Å². The molecule has 0 saturated carbocycles. The zero-order valence-electron chi connectivity index (χ0n) is 11.0. The topological polar surface area (TPSA) is 47.9 Å². The number of aliphatic imine (C=N–C) groups is 1. The summed E-state index contributed by atoms with van der Waals surface area (Å²) in [6.45, 7) is 2.14. The van der Waals surface area contributed by atoms with Crippen LogP contribution >= 0.6 is 0 Å². The van der Waals surface area contributed by atoms with Crippen molar-refractivity contribution in [1.82, 2.24) is 0 Å². The number of carbonyl (C=O) groups excluding carboxylic acids is 1. The highest BCUT2D eigenvalue weighted by atomic mass is 28.3. The Balaban J connectivity index is 3.10. The van der Waals surface area contributed by atoms with Crippen LogP contribution in [0, 0.1) is 0 Å². The van der Waals surface area contributed by atoms with Crippen LogP contribution in [-0.4, -0.2) is 29.6 Å². The monoisotopic (exact) mass is 264 g/mol. The number of hydrogen-bond acceptors (Lipinski definition) is 4. The van der Waals surface area contributed by atoms with E-state index in [0.29, 0.717) is 5.69 Å². The standard InChI is InChI=1S/C13H18NO3Si/c1-4-5-6-11-9-12(14-10-15)7-8-13(11)18(16-2)17-3/h7-9H,4-6H2,1-3H3. The molecule has 1 aromatic carbocycles. The molecular formula is C13H18NO3Si. The maximum atomic E-state index is 10.3. The molecule has 4 nitrogen and oxygen atoms in total. The van der Waals surface area contributed by atoms with Gasteiger partial charge in [-0.25, -0.2) is 4.79 Å². The third-order valence-corrected chi connectivity index (χ3v) is 4.32. The van der Waals surface area contributed by atoms with Gasteiger partial charge < -0.3 is 8.85 Å². The number of hydrogen-bond donors (Lipinski definition) is 0. The molecule has 0 fully saturated rings. The first-order chi connectivity index (χ1) is 8.76. The van der Waals surface area contributed by atoms with E-state index in [0.717, 1.165) is 30.0 Å². The molecule has 0 aliphatic carbocycles. The maximum absolute atomic E-state index is 10.3. The largest absolute Gasteiger partial charge is 0.423 e. The van der Waals surface area contributed by atoms with Crippen LogP contribution in [0.3, 0.4) is 0 Å². The number of rotatable bonds is 7. The van der Waals surface area contributed by atoms with Crippen molar-refractivity contribution in [3.05, 3.63) is 23.8 Å². The van der Waals surface area contributed by atoms with E-state index < -0.39 is 9.28 Å². The van der Waals surface area contributed by atoms with E-state index >= 15 is 0 Å². The molecule has 97 valence electrons. The molecule has 1 rings (SSSR count). The van der Waals surface area contributed by atoms with Crippen molar-refractivity contribution in [2.75, 3.05) is 14.2 Å². The summed E-state index contributed by atoms with van der Waals surface area (Å²) in [6.07, 6.45) is 4.71. The van der Waals surface area contributed by atoms with Gasteiger partial charge in [0.1, 0.15) is 0 Å². The highest BCUT2D eigenvalue weighted by Crippen LogP contribution is 2.15. The van der Waals surface area contributed by atoms with Gasteiger partial charge in [-0.05, 0) is 35.7 Å². The molecule has 0 saturated heterocycles. The van der Waals surface area contributed by atoms with Gasteiger partial charge in [0.15, 0.2) is 0 Å². The molecule has 0 aliphatic heterocycles. The van der Waals surface area contributed by atoms with E-state index in [1.807, 2.05) is 12.1 Å². The molecule has 0 unspecified atom stereocenters. The second-order valence-electron chi connectivity index (χ2n) is 3.84. The van der Waals surface area contributed by atoms with Crippen molar-refractivity contribution in [1.29, 1.82) is 0 Å². The normalized spacial score (nSPS) is 10.4. The average molecular weight is 264 g/mol. The van der Waals surface area contributed by atoms with E-state index in [2.05, 4.69) is 11.9 Å². The summed E-state index contributed by atoms with van der Waals surface area (Å²) in [6, 6.07) is 5.64. The van der Waals surface area contributed by atoms with Crippen LogP contribution in [0.25, 0.3) is 0 Å². The predicted octanol–water partition coefficient (Wildman–Crippen LogP) is 1.98. The fourth-order valence-electron chi connectivity index (χ4n) is 1.78. The molecule has 0 N–H and O–H groups in total. The Morgan fingerprint density at radius 3 is 2.61 bits per heavy atom. The molecule has 0 aliphatic rings. The first-order valence-electron chi connectivity index (χ1n) is 5.92. The predicted molar refractivity (Wildman–Crippen MR) is 72.2 cm³/mol. The number of benzene rings is 1. The lowest BCUT2D eigenvalue weighted by Gasteiger charge is -2.14. The number of nitrogens with zero attached hydrogens (tertiary/aromatic N) is 1. The van der Waals surface area contributed by atoms with Gasteiger partial charge in [0.2, 0.25) is 6.08 Å². The number of isocyanates is 1. The molecule has 18 heavy (non-hydrogen) atoms. The lowest BCUT2D eigenvalue weighted by Crippen LogP contribution is -2.37. The molecule has 0 spiro atoms. The summed E-state index contributed by atoms with van der Waals surface area (Å²) >= 11 is 0. The summed E-state index contributed by atoms with van der Waals surface area (Å²) in [4.78, 5) is 13.9. The van der Waals surface area contributed by atoms with Crippen molar-refractivity contribution in [2.45, 2.75) is 26.2 Å². The average Bonchev–Trinajstić information content (AvgIpc) is 2.40. The van der Waals surface area contributed by atoms with Crippen LogP contribution in [0.15, 0.2) is 23.2 Å². The lowest BCUT2D eigenvalue weighted by atomic mass is 10.1. The van der Waals surface area contributed by atoms with Crippen LogP contribution in [-0.2, 0) is 20.1 Å². The lowest BCUT2D eigenvalue weighted by molar-refractivity contribution is 0.291. The number of unbranched alkanes of at least 4 members (excludes halogenated alkanes) is 1. The molecule has 5 heteroatoms. The summed E-state index contributed by atoms with van der Waals surface area (Å²) in [5, 5.41) is 1.09. The van der Waals surface area contributed by atoms with Crippen LogP contribution in [0.2, 0.25) is 0 Å². The third kappa shape index (κ3) is 3.89. The van der Waals surface area contributed by atoms with Crippen molar-refractivity contribution < 1.29 is 13.6 Å². The highest BCUT2D eigenvalue weighted by molar-refractivity contribution is 6.61.